The number of halogens is 1. The Hall–Kier alpha value is -0.570. The summed E-state index contributed by atoms with van der Waals surface area (Å²) < 4.78 is 0. The molecule has 0 radical (unpaired) electrons. The summed E-state index contributed by atoms with van der Waals surface area (Å²) in [7, 11) is 0. The van der Waals surface area contributed by atoms with Gasteiger partial charge in [-0.3, -0.25) is 0 Å². The molecule has 1 aromatic carbocycles. The minimum atomic E-state index is -0.568. The molecular weight excluding hydrogens is 186 g/mol. The summed E-state index contributed by atoms with van der Waals surface area (Å²) >= 11 is 0. The van der Waals surface area contributed by atoms with E-state index in [1.165, 1.54) is 0 Å². The van der Waals surface area contributed by atoms with Crippen molar-refractivity contribution in [1.82, 2.24) is 0 Å². The minimum Gasteiger partial charge on any atom is -0.394 e. The van der Waals surface area contributed by atoms with Gasteiger partial charge in [-0.1, -0.05) is 37.3 Å². The lowest BCUT2D eigenvalue weighted by Crippen LogP contribution is -2.39. The molecule has 0 heterocycles. The summed E-state index contributed by atoms with van der Waals surface area (Å²) in [4.78, 5) is 0. The van der Waals surface area contributed by atoms with E-state index in [1.54, 1.807) is 0 Å². The van der Waals surface area contributed by atoms with E-state index >= 15 is 0 Å². The van der Waals surface area contributed by atoms with Gasteiger partial charge in [-0.25, -0.2) is 0 Å². The summed E-state index contributed by atoms with van der Waals surface area (Å²) in [5.74, 6) is 0. The van der Waals surface area contributed by atoms with Crippen molar-refractivity contribution in [2.75, 3.05) is 6.61 Å². The molecule has 0 bridgehead atoms. The second kappa shape index (κ2) is 5.22. The van der Waals surface area contributed by atoms with Crippen LogP contribution in [0.3, 0.4) is 0 Å². The van der Waals surface area contributed by atoms with Gasteiger partial charge in [-0.15, -0.1) is 12.4 Å². The number of hydrogen-bond donors (Lipinski definition) is 2. The minimum absolute atomic E-state index is 0. The van der Waals surface area contributed by atoms with Crippen molar-refractivity contribution in [3.05, 3.63) is 35.9 Å². The maximum absolute atomic E-state index is 9.11. The smallest absolute Gasteiger partial charge is 0.0653 e. The molecule has 0 aliphatic heterocycles. The molecule has 1 atom stereocenters. The van der Waals surface area contributed by atoms with E-state index in [4.69, 9.17) is 10.8 Å². The summed E-state index contributed by atoms with van der Waals surface area (Å²) in [5.41, 5.74) is 6.40. The van der Waals surface area contributed by atoms with Gasteiger partial charge in [-0.05, 0) is 12.0 Å². The van der Waals surface area contributed by atoms with E-state index < -0.39 is 5.54 Å². The molecule has 1 rings (SSSR count). The Kier molecular flexibility index (Phi) is 4.99. The largest absolute Gasteiger partial charge is 0.394 e. The molecule has 0 aromatic heterocycles. The quantitative estimate of drug-likeness (QED) is 0.782. The number of nitrogens with two attached hydrogens (primary N) is 1. The fraction of sp³-hybridized carbons (Fsp3) is 0.400. The van der Waals surface area contributed by atoms with Crippen molar-refractivity contribution >= 4 is 12.4 Å². The molecule has 13 heavy (non-hydrogen) atoms. The van der Waals surface area contributed by atoms with Crippen LogP contribution >= 0.6 is 12.4 Å². The third kappa shape index (κ3) is 2.69. The van der Waals surface area contributed by atoms with Gasteiger partial charge in [0.05, 0.1) is 12.1 Å². The molecule has 2 nitrogen and oxygen atoms in total. The number of benzene rings is 1. The van der Waals surface area contributed by atoms with Crippen LogP contribution in [0, 0.1) is 0 Å². The van der Waals surface area contributed by atoms with Gasteiger partial charge >= 0.3 is 0 Å². The van der Waals surface area contributed by atoms with Crippen LogP contribution in [-0.4, -0.2) is 11.7 Å². The standard InChI is InChI=1S/C10H15NO.ClH/c1-2-10(11,8-12)9-6-4-3-5-7-9;/h3-7,12H,2,8,11H2,1H3;1H/t10-;/m1./s1. The molecule has 3 heteroatoms. The van der Waals surface area contributed by atoms with E-state index in [0.29, 0.717) is 0 Å². The van der Waals surface area contributed by atoms with Crippen LogP contribution in [0.2, 0.25) is 0 Å². The maximum atomic E-state index is 9.11. The van der Waals surface area contributed by atoms with Gasteiger partial charge in [0.1, 0.15) is 0 Å². The van der Waals surface area contributed by atoms with Gasteiger partial charge in [0.15, 0.2) is 0 Å². The predicted molar refractivity (Wildman–Crippen MR) is 56.9 cm³/mol. The molecule has 0 amide bonds. The first kappa shape index (κ1) is 12.4. The highest BCUT2D eigenvalue weighted by molar-refractivity contribution is 5.85. The lowest BCUT2D eigenvalue weighted by atomic mass is 9.89. The highest BCUT2D eigenvalue weighted by Crippen LogP contribution is 2.20. The molecule has 3 N–H and O–H groups in total. The fourth-order valence-electron chi connectivity index (χ4n) is 1.18. The summed E-state index contributed by atoms with van der Waals surface area (Å²) in [5, 5.41) is 9.11. The van der Waals surface area contributed by atoms with Gasteiger partial charge in [0, 0.05) is 0 Å². The zero-order valence-corrected chi connectivity index (χ0v) is 8.55. The summed E-state index contributed by atoms with van der Waals surface area (Å²) in [6, 6.07) is 9.70. The van der Waals surface area contributed by atoms with Crippen molar-refractivity contribution < 1.29 is 5.11 Å². The summed E-state index contributed by atoms with van der Waals surface area (Å²) in [6.45, 7) is 1.97. The first-order valence-corrected chi connectivity index (χ1v) is 4.18. The van der Waals surface area contributed by atoms with Crippen molar-refractivity contribution in [2.24, 2.45) is 5.73 Å². The highest BCUT2D eigenvalue weighted by atomic mass is 35.5. The molecular formula is C10H16ClNO. The second-order valence-corrected chi connectivity index (χ2v) is 3.03. The van der Waals surface area contributed by atoms with Crippen LogP contribution in [0.5, 0.6) is 0 Å². The average Bonchev–Trinajstić information content (AvgIpc) is 2.18. The van der Waals surface area contributed by atoms with Gasteiger partial charge in [-0.2, -0.15) is 0 Å². The third-order valence-corrected chi connectivity index (χ3v) is 2.26. The highest BCUT2D eigenvalue weighted by Gasteiger charge is 2.23. The van der Waals surface area contributed by atoms with Gasteiger partial charge in [0.2, 0.25) is 0 Å². The molecule has 0 unspecified atom stereocenters. The summed E-state index contributed by atoms with van der Waals surface area (Å²) in [6.07, 6.45) is 0.744. The SMILES string of the molecule is CC[C@@](N)(CO)c1ccccc1.Cl. The Morgan fingerprint density at radius 3 is 2.23 bits per heavy atom. The molecule has 0 fully saturated rings. The monoisotopic (exact) mass is 201 g/mol. The van der Waals surface area contributed by atoms with Crippen molar-refractivity contribution in [3.63, 3.8) is 0 Å². The van der Waals surface area contributed by atoms with Crippen LogP contribution in [-0.2, 0) is 5.54 Å². The number of rotatable bonds is 3. The molecule has 1 aromatic rings. The predicted octanol–water partition coefficient (Wildman–Crippen LogP) is 1.66. The van der Waals surface area contributed by atoms with Crippen LogP contribution in [0.1, 0.15) is 18.9 Å². The Labute approximate surface area is 85.2 Å². The molecule has 0 saturated carbocycles. The Morgan fingerprint density at radius 1 is 1.31 bits per heavy atom. The second-order valence-electron chi connectivity index (χ2n) is 3.03. The first-order valence-electron chi connectivity index (χ1n) is 4.18. The number of aliphatic hydroxyl groups is 1. The van der Waals surface area contributed by atoms with E-state index in [2.05, 4.69) is 0 Å². The van der Waals surface area contributed by atoms with E-state index in [0.717, 1.165) is 12.0 Å². The zero-order valence-electron chi connectivity index (χ0n) is 7.73. The Bertz CT molecular complexity index is 234. The van der Waals surface area contributed by atoms with Gasteiger partial charge < -0.3 is 10.8 Å². The average molecular weight is 202 g/mol. The van der Waals surface area contributed by atoms with Crippen LogP contribution < -0.4 is 5.73 Å². The van der Waals surface area contributed by atoms with Crippen molar-refractivity contribution in [3.8, 4) is 0 Å². The normalized spacial score (nSPS) is 14.4. The van der Waals surface area contributed by atoms with E-state index in [9.17, 15) is 0 Å². The van der Waals surface area contributed by atoms with Crippen LogP contribution in [0.15, 0.2) is 30.3 Å². The third-order valence-electron chi connectivity index (χ3n) is 2.26. The van der Waals surface area contributed by atoms with Crippen LogP contribution in [0.25, 0.3) is 0 Å². The topological polar surface area (TPSA) is 46.2 Å². The lowest BCUT2D eigenvalue weighted by Gasteiger charge is -2.25. The molecule has 0 aliphatic carbocycles. The number of aliphatic hydroxyl groups excluding tert-OH is 1. The Balaban J connectivity index is 0.00000144. The van der Waals surface area contributed by atoms with Crippen molar-refractivity contribution in [2.45, 2.75) is 18.9 Å². The molecule has 74 valence electrons. The molecule has 0 spiro atoms. The van der Waals surface area contributed by atoms with E-state index in [1.807, 2.05) is 37.3 Å². The lowest BCUT2D eigenvalue weighted by molar-refractivity contribution is 0.192. The maximum Gasteiger partial charge on any atom is 0.0653 e. The zero-order chi connectivity index (χ0) is 9.03. The Morgan fingerprint density at radius 2 is 1.85 bits per heavy atom. The first-order chi connectivity index (χ1) is 5.73. The van der Waals surface area contributed by atoms with Crippen LogP contribution in [0.4, 0.5) is 0 Å². The van der Waals surface area contributed by atoms with Crippen molar-refractivity contribution in [1.29, 1.82) is 0 Å². The molecule has 0 aliphatic rings. The van der Waals surface area contributed by atoms with E-state index in [-0.39, 0.29) is 19.0 Å². The van der Waals surface area contributed by atoms with Gasteiger partial charge in [0.25, 0.3) is 0 Å². The number of hydrogen-bond acceptors (Lipinski definition) is 2. The molecule has 0 saturated heterocycles. The fourth-order valence-corrected chi connectivity index (χ4v) is 1.18.